The Kier molecular flexibility index (Phi) is 4.15. The number of furan rings is 1. The van der Waals surface area contributed by atoms with Crippen molar-refractivity contribution in [1.29, 1.82) is 0 Å². The van der Waals surface area contributed by atoms with Gasteiger partial charge in [0.25, 0.3) is 0 Å². The van der Waals surface area contributed by atoms with Crippen LogP contribution in [-0.4, -0.2) is 6.54 Å². The summed E-state index contributed by atoms with van der Waals surface area (Å²) in [4.78, 5) is 0. The van der Waals surface area contributed by atoms with Crippen molar-refractivity contribution < 1.29 is 8.81 Å². The zero-order chi connectivity index (χ0) is 13.0. The van der Waals surface area contributed by atoms with Crippen LogP contribution in [-0.2, 0) is 0 Å². The number of benzene rings is 1. The molecule has 1 atom stereocenters. The molecule has 0 bridgehead atoms. The molecule has 0 aliphatic carbocycles. The number of hydrogen-bond acceptors (Lipinski definition) is 2. The van der Waals surface area contributed by atoms with Gasteiger partial charge in [-0.25, -0.2) is 4.39 Å². The number of hydrogen-bond donors (Lipinski definition) is 1. The van der Waals surface area contributed by atoms with Crippen LogP contribution in [0.2, 0.25) is 0 Å². The Morgan fingerprint density at radius 2 is 2.11 bits per heavy atom. The third-order valence-corrected chi connectivity index (χ3v) is 2.87. The summed E-state index contributed by atoms with van der Waals surface area (Å²) in [6.45, 7) is 4.89. The molecule has 1 aromatic heterocycles. The van der Waals surface area contributed by atoms with Crippen LogP contribution in [0.5, 0.6) is 0 Å². The fourth-order valence-electron chi connectivity index (χ4n) is 2.09. The normalized spacial score (nSPS) is 12.6. The van der Waals surface area contributed by atoms with Crippen molar-refractivity contribution in [2.75, 3.05) is 6.54 Å². The van der Waals surface area contributed by atoms with Crippen molar-refractivity contribution in [2.45, 2.75) is 26.3 Å². The molecule has 1 unspecified atom stereocenters. The lowest BCUT2D eigenvalue weighted by atomic mass is 9.99. The smallest absolute Gasteiger partial charge is 0.123 e. The Bertz CT molecular complexity index is 473. The maximum absolute atomic E-state index is 13.5. The van der Waals surface area contributed by atoms with Crippen LogP contribution in [0, 0.1) is 12.7 Å². The molecular formula is C15H18FNO. The molecule has 2 aromatic rings. The van der Waals surface area contributed by atoms with E-state index in [0.717, 1.165) is 29.7 Å². The van der Waals surface area contributed by atoms with Gasteiger partial charge in [-0.05, 0) is 49.2 Å². The van der Waals surface area contributed by atoms with Gasteiger partial charge in [-0.15, -0.1) is 0 Å². The second-order valence-corrected chi connectivity index (χ2v) is 4.51. The molecule has 2 nitrogen and oxygen atoms in total. The fourth-order valence-corrected chi connectivity index (χ4v) is 2.09. The molecule has 0 saturated carbocycles. The highest BCUT2D eigenvalue weighted by Crippen LogP contribution is 2.24. The highest BCUT2D eigenvalue weighted by molar-refractivity contribution is 5.33. The summed E-state index contributed by atoms with van der Waals surface area (Å²) < 4.78 is 18.6. The number of nitrogens with one attached hydrogen (secondary N) is 1. The molecule has 1 aromatic carbocycles. The van der Waals surface area contributed by atoms with E-state index in [-0.39, 0.29) is 11.9 Å². The molecule has 1 N–H and O–H groups in total. The maximum atomic E-state index is 13.5. The highest BCUT2D eigenvalue weighted by atomic mass is 19.1. The lowest BCUT2D eigenvalue weighted by Crippen LogP contribution is -2.23. The van der Waals surface area contributed by atoms with Crippen molar-refractivity contribution in [3.05, 3.63) is 59.3 Å². The van der Waals surface area contributed by atoms with E-state index >= 15 is 0 Å². The maximum Gasteiger partial charge on any atom is 0.123 e. The fraction of sp³-hybridized carbons (Fsp3) is 0.333. The van der Waals surface area contributed by atoms with Gasteiger partial charge in [0, 0.05) is 5.56 Å². The van der Waals surface area contributed by atoms with Gasteiger partial charge < -0.3 is 9.73 Å². The first-order valence-electron chi connectivity index (χ1n) is 6.23. The molecule has 18 heavy (non-hydrogen) atoms. The van der Waals surface area contributed by atoms with E-state index in [1.165, 1.54) is 6.07 Å². The summed E-state index contributed by atoms with van der Waals surface area (Å²) in [5.41, 5.74) is 2.88. The van der Waals surface area contributed by atoms with Gasteiger partial charge in [0.1, 0.15) is 5.82 Å². The Labute approximate surface area is 107 Å². The van der Waals surface area contributed by atoms with Crippen LogP contribution in [0.15, 0.2) is 41.2 Å². The van der Waals surface area contributed by atoms with E-state index < -0.39 is 0 Å². The van der Waals surface area contributed by atoms with Crippen molar-refractivity contribution in [1.82, 2.24) is 5.32 Å². The van der Waals surface area contributed by atoms with Crippen LogP contribution >= 0.6 is 0 Å². The monoisotopic (exact) mass is 247 g/mol. The molecule has 3 heteroatoms. The van der Waals surface area contributed by atoms with Crippen molar-refractivity contribution in [3.8, 4) is 0 Å². The van der Waals surface area contributed by atoms with Crippen molar-refractivity contribution >= 4 is 0 Å². The Morgan fingerprint density at radius 3 is 2.72 bits per heavy atom. The quantitative estimate of drug-likeness (QED) is 0.869. The standard InChI is InChI=1S/C15H18FNO/c1-3-5-17-15(12-4-6-18-10-12)13-7-11(2)8-14(16)9-13/h4,6-10,15,17H,3,5H2,1-2H3. The van der Waals surface area contributed by atoms with Crippen LogP contribution in [0.1, 0.15) is 36.1 Å². The zero-order valence-corrected chi connectivity index (χ0v) is 10.7. The van der Waals surface area contributed by atoms with Gasteiger partial charge in [-0.1, -0.05) is 13.0 Å². The van der Waals surface area contributed by atoms with Gasteiger partial charge >= 0.3 is 0 Å². The molecule has 0 spiro atoms. The summed E-state index contributed by atoms with van der Waals surface area (Å²) in [5, 5.41) is 3.42. The van der Waals surface area contributed by atoms with E-state index in [4.69, 9.17) is 4.42 Å². The molecule has 1 heterocycles. The van der Waals surface area contributed by atoms with Crippen LogP contribution < -0.4 is 5.32 Å². The first-order valence-corrected chi connectivity index (χ1v) is 6.23. The van der Waals surface area contributed by atoms with E-state index in [2.05, 4.69) is 12.2 Å². The molecule has 0 radical (unpaired) electrons. The number of halogens is 1. The minimum atomic E-state index is -0.197. The van der Waals surface area contributed by atoms with E-state index in [1.54, 1.807) is 18.6 Å². The third-order valence-electron chi connectivity index (χ3n) is 2.87. The van der Waals surface area contributed by atoms with Gasteiger partial charge in [-0.3, -0.25) is 0 Å². The molecule has 2 rings (SSSR count). The van der Waals surface area contributed by atoms with E-state index in [0.29, 0.717) is 0 Å². The lowest BCUT2D eigenvalue weighted by Gasteiger charge is -2.18. The molecule has 96 valence electrons. The summed E-state index contributed by atoms with van der Waals surface area (Å²) >= 11 is 0. The van der Waals surface area contributed by atoms with E-state index in [9.17, 15) is 4.39 Å². The van der Waals surface area contributed by atoms with Crippen molar-refractivity contribution in [2.24, 2.45) is 0 Å². The van der Waals surface area contributed by atoms with Crippen LogP contribution in [0.25, 0.3) is 0 Å². The van der Waals surface area contributed by atoms with Crippen LogP contribution in [0.3, 0.4) is 0 Å². The molecule has 0 aliphatic heterocycles. The largest absolute Gasteiger partial charge is 0.472 e. The second kappa shape index (κ2) is 5.83. The number of aryl methyl sites for hydroxylation is 1. The first-order chi connectivity index (χ1) is 8.70. The average molecular weight is 247 g/mol. The predicted molar refractivity (Wildman–Crippen MR) is 70.0 cm³/mol. The third kappa shape index (κ3) is 2.99. The summed E-state index contributed by atoms with van der Waals surface area (Å²) in [6.07, 6.45) is 4.37. The average Bonchev–Trinajstić information content (AvgIpc) is 2.82. The minimum Gasteiger partial charge on any atom is -0.472 e. The molecule has 0 amide bonds. The van der Waals surface area contributed by atoms with Gasteiger partial charge in [0.2, 0.25) is 0 Å². The molecule has 0 fully saturated rings. The zero-order valence-electron chi connectivity index (χ0n) is 10.7. The summed E-state index contributed by atoms with van der Waals surface area (Å²) in [7, 11) is 0. The van der Waals surface area contributed by atoms with Gasteiger partial charge in [0.05, 0.1) is 18.6 Å². The molecule has 0 saturated heterocycles. The highest BCUT2D eigenvalue weighted by Gasteiger charge is 2.15. The Balaban J connectivity index is 2.33. The van der Waals surface area contributed by atoms with Gasteiger partial charge in [0.15, 0.2) is 0 Å². The van der Waals surface area contributed by atoms with Crippen molar-refractivity contribution in [3.63, 3.8) is 0 Å². The SMILES string of the molecule is CCCNC(c1ccoc1)c1cc(C)cc(F)c1. The summed E-state index contributed by atoms with van der Waals surface area (Å²) in [6, 6.07) is 7.01. The predicted octanol–water partition coefficient (Wildman–Crippen LogP) is 3.82. The number of rotatable bonds is 5. The molecule has 0 aliphatic rings. The van der Waals surface area contributed by atoms with E-state index in [1.807, 2.05) is 19.1 Å². The topological polar surface area (TPSA) is 25.2 Å². The molecular weight excluding hydrogens is 229 g/mol. The first kappa shape index (κ1) is 12.8. The van der Waals surface area contributed by atoms with Crippen LogP contribution in [0.4, 0.5) is 4.39 Å². The van der Waals surface area contributed by atoms with Gasteiger partial charge in [-0.2, -0.15) is 0 Å². The Morgan fingerprint density at radius 1 is 1.28 bits per heavy atom. The Hall–Kier alpha value is -1.61. The minimum absolute atomic E-state index is 0.0156. The second-order valence-electron chi connectivity index (χ2n) is 4.51. The summed E-state index contributed by atoms with van der Waals surface area (Å²) in [5.74, 6) is -0.197. The lowest BCUT2D eigenvalue weighted by molar-refractivity contribution is 0.546.